The molecule has 0 aromatic carbocycles. The number of guanidine groups is 1. The highest BCUT2D eigenvalue weighted by molar-refractivity contribution is 5.79. The Morgan fingerprint density at radius 1 is 1.36 bits per heavy atom. The van der Waals surface area contributed by atoms with Gasteiger partial charge in [0, 0.05) is 39.0 Å². The Morgan fingerprint density at radius 3 is 2.92 bits per heavy atom. The van der Waals surface area contributed by atoms with Crippen LogP contribution in [0.3, 0.4) is 0 Å². The monoisotopic (exact) mass is 346 g/mol. The van der Waals surface area contributed by atoms with Crippen LogP contribution in [0.25, 0.3) is 0 Å². The van der Waals surface area contributed by atoms with E-state index in [-0.39, 0.29) is 5.60 Å². The van der Waals surface area contributed by atoms with Crippen LogP contribution < -0.4 is 15.4 Å². The van der Waals surface area contributed by atoms with Crippen molar-refractivity contribution < 1.29 is 9.47 Å². The van der Waals surface area contributed by atoms with Gasteiger partial charge in [-0.2, -0.15) is 0 Å². The van der Waals surface area contributed by atoms with Crippen LogP contribution in [0, 0.1) is 0 Å². The van der Waals surface area contributed by atoms with E-state index in [0.29, 0.717) is 12.6 Å². The lowest BCUT2D eigenvalue weighted by atomic mass is 10.0. The van der Waals surface area contributed by atoms with Gasteiger partial charge >= 0.3 is 0 Å². The van der Waals surface area contributed by atoms with Crippen molar-refractivity contribution in [1.29, 1.82) is 0 Å². The lowest BCUT2D eigenvalue weighted by molar-refractivity contribution is 0.0243. The Hall–Kier alpha value is -1.82. The molecule has 1 aliphatic carbocycles. The first kappa shape index (κ1) is 18.0. The zero-order valence-electron chi connectivity index (χ0n) is 15.4. The zero-order chi connectivity index (χ0) is 17.5. The zero-order valence-corrected chi connectivity index (χ0v) is 15.4. The van der Waals surface area contributed by atoms with Gasteiger partial charge in [-0.15, -0.1) is 0 Å². The molecule has 2 heterocycles. The second-order valence-corrected chi connectivity index (χ2v) is 7.21. The molecule has 0 amide bonds. The van der Waals surface area contributed by atoms with Crippen LogP contribution in [-0.4, -0.2) is 42.8 Å². The van der Waals surface area contributed by atoms with Crippen LogP contribution >= 0.6 is 0 Å². The summed E-state index contributed by atoms with van der Waals surface area (Å²) < 4.78 is 11.8. The third-order valence-electron chi connectivity index (χ3n) is 5.00. The number of aliphatic imine (C=N–C) groups is 1. The van der Waals surface area contributed by atoms with Crippen LogP contribution in [0.1, 0.15) is 51.0 Å². The van der Waals surface area contributed by atoms with Gasteiger partial charge in [-0.25, -0.2) is 4.98 Å². The van der Waals surface area contributed by atoms with Crippen molar-refractivity contribution in [3.05, 3.63) is 23.9 Å². The highest BCUT2D eigenvalue weighted by atomic mass is 16.5. The summed E-state index contributed by atoms with van der Waals surface area (Å²) in [5.41, 5.74) is 1.05. The molecule has 6 heteroatoms. The van der Waals surface area contributed by atoms with Crippen molar-refractivity contribution in [2.45, 2.75) is 63.7 Å². The maximum atomic E-state index is 5.98. The van der Waals surface area contributed by atoms with E-state index in [0.717, 1.165) is 56.2 Å². The first-order valence-electron chi connectivity index (χ1n) is 9.37. The maximum Gasteiger partial charge on any atom is 0.213 e. The summed E-state index contributed by atoms with van der Waals surface area (Å²) in [5.74, 6) is 1.51. The van der Waals surface area contributed by atoms with E-state index < -0.39 is 0 Å². The topological polar surface area (TPSA) is 67.8 Å². The number of nitrogens with zero attached hydrogens (tertiary/aromatic N) is 2. The molecule has 1 atom stereocenters. The molecule has 1 aliphatic heterocycles. The van der Waals surface area contributed by atoms with Crippen molar-refractivity contribution in [2.24, 2.45) is 4.99 Å². The normalized spacial score (nSPS) is 24.5. The summed E-state index contributed by atoms with van der Waals surface area (Å²) in [6, 6.07) is 4.02. The molecule has 0 spiro atoms. The minimum atomic E-state index is -0.0867. The Balaban J connectivity index is 1.47. The minimum Gasteiger partial charge on any atom is -0.474 e. The molecule has 1 aromatic heterocycles. The van der Waals surface area contributed by atoms with Crippen LogP contribution in [0.15, 0.2) is 23.3 Å². The minimum absolute atomic E-state index is 0.0867. The molecular formula is C19H30N4O2. The van der Waals surface area contributed by atoms with E-state index in [1.807, 2.05) is 18.3 Å². The van der Waals surface area contributed by atoms with E-state index in [1.54, 1.807) is 7.05 Å². The van der Waals surface area contributed by atoms with Gasteiger partial charge in [-0.05, 0) is 57.1 Å². The van der Waals surface area contributed by atoms with Crippen molar-refractivity contribution in [3.63, 3.8) is 0 Å². The summed E-state index contributed by atoms with van der Waals surface area (Å²) in [6.07, 6.45) is 9.16. The second-order valence-electron chi connectivity index (χ2n) is 7.21. The van der Waals surface area contributed by atoms with Gasteiger partial charge in [0.2, 0.25) is 5.88 Å². The predicted molar refractivity (Wildman–Crippen MR) is 98.9 cm³/mol. The molecule has 0 radical (unpaired) electrons. The van der Waals surface area contributed by atoms with Crippen molar-refractivity contribution in [3.8, 4) is 5.88 Å². The molecular weight excluding hydrogens is 316 g/mol. The Bertz CT molecular complexity index is 579. The number of hydrogen-bond donors (Lipinski definition) is 2. The summed E-state index contributed by atoms with van der Waals surface area (Å²) in [7, 11) is 1.79. The summed E-state index contributed by atoms with van der Waals surface area (Å²) in [4.78, 5) is 8.63. The largest absolute Gasteiger partial charge is 0.474 e. The Morgan fingerprint density at radius 2 is 2.20 bits per heavy atom. The van der Waals surface area contributed by atoms with Gasteiger partial charge in [0.1, 0.15) is 6.10 Å². The number of rotatable bonds is 6. The van der Waals surface area contributed by atoms with E-state index in [4.69, 9.17) is 9.47 Å². The maximum absolute atomic E-state index is 5.98. The summed E-state index contributed by atoms with van der Waals surface area (Å²) in [5, 5.41) is 6.71. The lowest BCUT2D eigenvalue weighted by Gasteiger charge is -2.24. The van der Waals surface area contributed by atoms with Crippen LogP contribution in [0.5, 0.6) is 5.88 Å². The lowest BCUT2D eigenvalue weighted by Crippen LogP contribution is -2.45. The standard InChI is InChI=1S/C19H30N4O2/c1-19(9-5-11-24-19)14-23-18(20-2)22-13-15-8-10-21-17(12-15)25-16-6-3-4-7-16/h8,10,12,16H,3-7,9,11,13-14H2,1-2H3,(H2,20,22,23). The average Bonchev–Trinajstić information content (AvgIpc) is 3.28. The van der Waals surface area contributed by atoms with Crippen molar-refractivity contribution >= 4 is 5.96 Å². The van der Waals surface area contributed by atoms with Gasteiger partial charge in [-0.1, -0.05) is 0 Å². The van der Waals surface area contributed by atoms with Gasteiger partial charge in [-0.3, -0.25) is 4.99 Å². The molecule has 2 aliphatic rings. The molecule has 1 aromatic rings. The number of nitrogens with one attached hydrogen (secondary N) is 2. The highest BCUT2D eigenvalue weighted by Crippen LogP contribution is 2.24. The number of pyridine rings is 1. The molecule has 1 saturated heterocycles. The SMILES string of the molecule is CN=C(NCc1ccnc(OC2CCCC2)c1)NCC1(C)CCCO1. The fraction of sp³-hybridized carbons (Fsp3) is 0.684. The number of ether oxygens (including phenoxy) is 2. The third kappa shape index (κ3) is 5.33. The highest BCUT2D eigenvalue weighted by Gasteiger charge is 2.29. The van der Waals surface area contributed by atoms with E-state index in [1.165, 1.54) is 12.8 Å². The van der Waals surface area contributed by atoms with Crippen LogP contribution in [0.2, 0.25) is 0 Å². The number of aromatic nitrogens is 1. The summed E-state index contributed by atoms with van der Waals surface area (Å²) >= 11 is 0. The molecule has 0 bridgehead atoms. The third-order valence-corrected chi connectivity index (χ3v) is 5.00. The first-order chi connectivity index (χ1) is 12.2. The molecule has 2 fully saturated rings. The molecule has 1 unspecified atom stereocenters. The van der Waals surface area contributed by atoms with E-state index in [9.17, 15) is 0 Å². The fourth-order valence-electron chi connectivity index (χ4n) is 3.46. The Kier molecular flexibility index (Phi) is 6.13. The van der Waals surface area contributed by atoms with E-state index >= 15 is 0 Å². The molecule has 25 heavy (non-hydrogen) atoms. The molecule has 1 saturated carbocycles. The van der Waals surface area contributed by atoms with Crippen LogP contribution in [0.4, 0.5) is 0 Å². The molecule has 138 valence electrons. The van der Waals surface area contributed by atoms with Gasteiger partial charge in [0.05, 0.1) is 5.60 Å². The fourth-order valence-corrected chi connectivity index (χ4v) is 3.46. The van der Waals surface area contributed by atoms with Gasteiger partial charge < -0.3 is 20.1 Å². The van der Waals surface area contributed by atoms with Crippen molar-refractivity contribution in [2.75, 3.05) is 20.2 Å². The molecule has 6 nitrogen and oxygen atoms in total. The first-order valence-corrected chi connectivity index (χ1v) is 9.37. The quantitative estimate of drug-likeness (QED) is 0.612. The number of hydrogen-bond acceptors (Lipinski definition) is 4. The van der Waals surface area contributed by atoms with E-state index in [2.05, 4.69) is 27.5 Å². The van der Waals surface area contributed by atoms with Crippen LogP contribution in [-0.2, 0) is 11.3 Å². The second kappa shape index (κ2) is 8.52. The van der Waals surface area contributed by atoms with Gasteiger partial charge in [0.15, 0.2) is 5.96 Å². The molecule has 3 rings (SSSR count). The summed E-state index contributed by atoms with van der Waals surface area (Å²) in [6.45, 7) is 4.45. The van der Waals surface area contributed by atoms with Crippen molar-refractivity contribution in [1.82, 2.24) is 15.6 Å². The Labute approximate surface area is 150 Å². The average molecular weight is 346 g/mol. The molecule has 2 N–H and O–H groups in total. The smallest absolute Gasteiger partial charge is 0.213 e. The predicted octanol–water partition coefficient (Wildman–Crippen LogP) is 2.64. The van der Waals surface area contributed by atoms with Gasteiger partial charge in [0.25, 0.3) is 0 Å².